The van der Waals surface area contributed by atoms with Gasteiger partial charge in [-0.1, -0.05) is 41.8 Å². The number of alkyl halides is 4. The van der Waals surface area contributed by atoms with Crippen LogP contribution in [0.1, 0.15) is 43.7 Å². The predicted octanol–water partition coefficient (Wildman–Crippen LogP) is 5.62. The van der Waals surface area contributed by atoms with Gasteiger partial charge in [0, 0.05) is 24.1 Å². The lowest BCUT2D eigenvalue weighted by Gasteiger charge is -2.38. The summed E-state index contributed by atoms with van der Waals surface area (Å²) in [6.07, 6.45) is 0.0189. The lowest BCUT2D eigenvalue weighted by atomic mass is 9.84. The van der Waals surface area contributed by atoms with E-state index in [4.69, 9.17) is 0 Å². The Balaban J connectivity index is 2.37. The van der Waals surface area contributed by atoms with Crippen molar-refractivity contribution in [2.45, 2.75) is 50.2 Å². The highest BCUT2D eigenvalue weighted by Crippen LogP contribution is 2.40. The maximum Gasteiger partial charge on any atom is 0.418 e. The molecule has 21 heavy (non-hydrogen) atoms. The highest BCUT2D eigenvalue weighted by Gasteiger charge is 2.36. The van der Waals surface area contributed by atoms with Crippen LogP contribution in [0.5, 0.6) is 0 Å². The minimum absolute atomic E-state index is 0.190. The molecule has 118 valence electrons. The van der Waals surface area contributed by atoms with E-state index in [9.17, 15) is 13.2 Å². The van der Waals surface area contributed by atoms with Crippen LogP contribution in [0.2, 0.25) is 0 Å². The first kappa shape index (κ1) is 16.7. The molecule has 1 aromatic carbocycles. The van der Waals surface area contributed by atoms with E-state index in [1.54, 1.807) is 19.2 Å². The Bertz CT molecular complexity index is 487. The van der Waals surface area contributed by atoms with Crippen LogP contribution in [0.4, 0.5) is 18.9 Å². The zero-order valence-corrected chi connectivity index (χ0v) is 14.0. The van der Waals surface area contributed by atoms with Crippen LogP contribution in [0.15, 0.2) is 18.2 Å². The molecule has 0 heterocycles. The second kappa shape index (κ2) is 6.59. The quantitative estimate of drug-likeness (QED) is 0.630. The van der Waals surface area contributed by atoms with E-state index in [-0.39, 0.29) is 6.04 Å². The lowest BCUT2D eigenvalue weighted by molar-refractivity contribution is -0.137. The summed E-state index contributed by atoms with van der Waals surface area (Å²) in [5.41, 5.74) is 0.418. The summed E-state index contributed by atoms with van der Waals surface area (Å²) >= 11 is 3.23. The van der Waals surface area contributed by atoms with E-state index >= 15 is 0 Å². The van der Waals surface area contributed by atoms with Crippen molar-refractivity contribution in [3.8, 4) is 0 Å². The van der Waals surface area contributed by atoms with Gasteiger partial charge in [-0.2, -0.15) is 13.2 Å². The van der Waals surface area contributed by atoms with Crippen LogP contribution < -0.4 is 4.90 Å². The Morgan fingerprint density at radius 1 is 1.24 bits per heavy atom. The van der Waals surface area contributed by atoms with Gasteiger partial charge in [-0.05, 0) is 36.5 Å². The van der Waals surface area contributed by atoms with Crippen LogP contribution in [-0.2, 0) is 11.5 Å². The largest absolute Gasteiger partial charge is 0.418 e. The molecule has 2 atom stereocenters. The summed E-state index contributed by atoms with van der Waals surface area (Å²) in [6, 6.07) is 4.83. The second-order valence-corrected chi connectivity index (χ2v) is 6.48. The number of benzene rings is 1. The van der Waals surface area contributed by atoms with Crippen LogP contribution in [0.25, 0.3) is 0 Å². The van der Waals surface area contributed by atoms with E-state index in [0.717, 1.165) is 19.3 Å². The average molecular weight is 364 g/mol. The highest BCUT2D eigenvalue weighted by molar-refractivity contribution is 9.08. The van der Waals surface area contributed by atoms with E-state index in [0.29, 0.717) is 22.5 Å². The molecule has 2 rings (SSSR count). The minimum Gasteiger partial charge on any atom is -0.371 e. The molecule has 1 aliphatic rings. The Hall–Kier alpha value is -0.710. The van der Waals surface area contributed by atoms with Crippen LogP contribution in [-0.4, -0.2) is 13.1 Å². The fourth-order valence-corrected chi connectivity index (χ4v) is 3.60. The van der Waals surface area contributed by atoms with Crippen molar-refractivity contribution in [1.82, 2.24) is 0 Å². The van der Waals surface area contributed by atoms with Gasteiger partial charge in [0.05, 0.1) is 5.56 Å². The minimum atomic E-state index is -4.32. The summed E-state index contributed by atoms with van der Waals surface area (Å²) in [5, 5.41) is 0.430. The number of anilines is 1. The van der Waals surface area contributed by atoms with Gasteiger partial charge in [0.15, 0.2) is 0 Å². The number of rotatable bonds is 3. The SMILES string of the molecule is CC1CCCCC1N(C)c1ccc(CBr)cc1C(F)(F)F. The van der Waals surface area contributed by atoms with Crippen molar-refractivity contribution in [3.05, 3.63) is 29.3 Å². The molecule has 0 N–H and O–H groups in total. The zero-order valence-electron chi connectivity index (χ0n) is 12.4. The molecule has 2 unspecified atom stereocenters. The van der Waals surface area contributed by atoms with Gasteiger partial charge in [-0.25, -0.2) is 0 Å². The lowest BCUT2D eigenvalue weighted by Crippen LogP contribution is -2.40. The Labute approximate surface area is 132 Å². The van der Waals surface area contributed by atoms with Crippen molar-refractivity contribution in [3.63, 3.8) is 0 Å². The van der Waals surface area contributed by atoms with Gasteiger partial charge in [-0.3, -0.25) is 0 Å². The van der Waals surface area contributed by atoms with Gasteiger partial charge < -0.3 is 4.90 Å². The van der Waals surface area contributed by atoms with Crippen molar-refractivity contribution in [2.75, 3.05) is 11.9 Å². The Kier molecular flexibility index (Phi) is 5.23. The summed E-state index contributed by atoms with van der Waals surface area (Å²) in [5.74, 6) is 0.431. The first-order valence-electron chi connectivity index (χ1n) is 7.33. The molecular formula is C16H21BrF3N. The van der Waals surface area contributed by atoms with Crippen molar-refractivity contribution >= 4 is 21.6 Å². The number of hydrogen-bond donors (Lipinski definition) is 0. The molecule has 0 amide bonds. The average Bonchev–Trinajstić information content (AvgIpc) is 2.45. The summed E-state index contributed by atoms with van der Waals surface area (Å²) in [7, 11) is 1.80. The summed E-state index contributed by atoms with van der Waals surface area (Å²) in [4.78, 5) is 1.84. The van der Waals surface area contributed by atoms with Gasteiger partial charge in [-0.15, -0.1) is 0 Å². The van der Waals surface area contributed by atoms with Crippen LogP contribution >= 0.6 is 15.9 Å². The monoisotopic (exact) mass is 363 g/mol. The molecule has 0 aliphatic heterocycles. The molecule has 1 aliphatic carbocycles. The fraction of sp³-hybridized carbons (Fsp3) is 0.625. The van der Waals surface area contributed by atoms with Gasteiger partial charge >= 0.3 is 6.18 Å². The molecule has 1 saturated carbocycles. The Morgan fingerprint density at radius 2 is 1.90 bits per heavy atom. The predicted molar refractivity (Wildman–Crippen MR) is 83.9 cm³/mol. The summed E-state index contributed by atoms with van der Waals surface area (Å²) < 4.78 is 40.0. The maximum absolute atomic E-state index is 13.3. The van der Waals surface area contributed by atoms with Crippen LogP contribution in [0.3, 0.4) is 0 Å². The molecule has 0 radical (unpaired) electrons. The van der Waals surface area contributed by atoms with E-state index in [1.165, 1.54) is 12.5 Å². The number of halogens is 4. The first-order chi connectivity index (χ1) is 9.84. The molecule has 1 aromatic rings. The molecule has 1 nitrogen and oxygen atoms in total. The third-order valence-electron chi connectivity index (χ3n) is 4.46. The third kappa shape index (κ3) is 3.74. The first-order valence-corrected chi connectivity index (χ1v) is 8.45. The van der Waals surface area contributed by atoms with Crippen LogP contribution in [0, 0.1) is 5.92 Å². The molecule has 5 heteroatoms. The van der Waals surface area contributed by atoms with Gasteiger partial charge in [0.25, 0.3) is 0 Å². The fourth-order valence-electron chi connectivity index (χ4n) is 3.25. The molecule has 0 aromatic heterocycles. The number of hydrogen-bond acceptors (Lipinski definition) is 1. The normalized spacial score (nSPS) is 23.1. The molecule has 0 saturated heterocycles. The molecule has 0 spiro atoms. The second-order valence-electron chi connectivity index (χ2n) is 5.92. The smallest absolute Gasteiger partial charge is 0.371 e. The molecule has 0 bridgehead atoms. The Morgan fingerprint density at radius 3 is 2.48 bits per heavy atom. The summed E-state index contributed by atoms with van der Waals surface area (Å²) in [6.45, 7) is 2.14. The van der Waals surface area contributed by atoms with Gasteiger partial charge in [0.2, 0.25) is 0 Å². The highest BCUT2D eigenvalue weighted by atomic mass is 79.9. The zero-order chi connectivity index (χ0) is 15.6. The van der Waals surface area contributed by atoms with Gasteiger partial charge in [0.1, 0.15) is 0 Å². The van der Waals surface area contributed by atoms with Crippen molar-refractivity contribution < 1.29 is 13.2 Å². The standard InChI is InChI=1S/C16H21BrF3N/c1-11-5-3-4-6-14(11)21(2)15-8-7-12(10-17)9-13(15)16(18,19)20/h7-9,11,14H,3-6,10H2,1-2H3. The van der Waals surface area contributed by atoms with Crippen molar-refractivity contribution in [2.24, 2.45) is 5.92 Å². The third-order valence-corrected chi connectivity index (χ3v) is 5.11. The van der Waals surface area contributed by atoms with E-state index in [2.05, 4.69) is 22.9 Å². The molecule has 1 fully saturated rings. The van der Waals surface area contributed by atoms with E-state index in [1.807, 2.05) is 4.90 Å². The van der Waals surface area contributed by atoms with E-state index < -0.39 is 11.7 Å². The van der Waals surface area contributed by atoms with Crippen molar-refractivity contribution in [1.29, 1.82) is 0 Å². The topological polar surface area (TPSA) is 3.24 Å². The molecular weight excluding hydrogens is 343 g/mol. The number of nitrogens with zero attached hydrogens (tertiary/aromatic N) is 1. The maximum atomic E-state index is 13.3.